The predicted octanol–water partition coefficient (Wildman–Crippen LogP) is 2.61. The number of amides is 1. The fourth-order valence-corrected chi connectivity index (χ4v) is 2.13. The van der Waals surface area contributed by atoms with Crippen LogP contribution >= 0.6 is 0 Å². The molecule has 6 heteroatoms. The summed E-state index contributed by atoms with van der Waals surface area (Å²) in [5.41, 5.74) is 1.57. The summed E-state index contributed by atoms with van der Waals surface area (Å²) in [5.74, 6) is 1.07. The number of benzene rings is 2. The zero-order chi connectivity index (χ0) is 18.8. The van der Waals surface area contributed by atoms with Gasteiger partial charge in [-0.2, -0.15) is 0 Å². The maximum atomic E-state index is 11.9. The van der Waals surface area contributed by atoms with Crippen molar-refractivity contribution < 1.29 is 23.8 Å². The second kappa shape index (κ2) is 10.2. The molecule has 0 spiro atoms. The first-order valence-corrected chi connectivity index (χ1v) is 8.29. The van der Waals surface area contributed by atoms with Gasteiger partial charge in [-0.1, -0.05) is 12.1 Å². The molecule has 2 rings (SSSR count). The average molecular weight is 357 g/mol. The van der Waals surface area contributed by atoms with Crippen LogP contribution in [-0.2, 0) is 16.1 Å². The van der Waals surface area contributed by atoms with Crippen molar-refractivity contribution in [3.63, 3.8) is 0 Å². The third kappa shape index (κ3) is 6.57. The Bertz CT molecular complexity index is 710. The van der Waals surface area contributed by atoms with Crippen molar-refractivity contribution in [2.45, 2.75) is 13.5 Å². The first-order valence-electron chi connectivity index (χ1n) is 8.29. The minimum Gasteiger partial charge on any atom is -0.491 e. The highest BCUT2D eigenvalue weighted by Crippen LogP contribution is 2.13. The van der Waals surface area contributed by atoms with Gasteiger partial charge >= 0.3 is 0 Å². The number of Topliss-reactive ketones (excluding diaryl/α,β-unsaturated/α-hetero) is 1. The van der Waals surface area contributed by atoms with Gasteiger partial charge in [-0.3, -0.25) is 9.59 Å². The van der Waals surface area contributed by atoms with Crippen LogP contribution in [0.5, 0.6) is 11.5 Å². The molecule has 0 unspecified atom stereocenters. The molecule has 0 atom stereocenters. The fraction of sp³-hybridized carbons (Fsp3) is 0.300. The zero-order valence-electron chi connectivity index (χ0n) is 15.0. The Morgan fingerprint density at radius 2 is 1.50 bits per heavy atom. The highest BCUT2D eigenvalue weighted by molar-refractivity contribution is 5.94. The van der Waals surface area contributed by atoms with Gasteiger partial charge < -0.3 is 19.5 Å². The molecule has 1 amide bonds. The maximum absolute atomic E-state index is 11.9. The lowest BCUT2D eigenvalue weighted by molar-refractivity contribution is -0.123. The van der Waals surface area contributed by atoms with E-state index in [9.17, 15) is 9.59 Å². The molecule has 0 saturated heterocycles. The highest BCUT2D eigenvalue weighted by atomic mass is 16.5. The number of ketones is 1. The van der Waals surface area contributed by atoms with Gasteiger partial charge in [0.15, 0.2) is 12.4 Å². The van der Waals surface area contributed by atoms with Gasteiger partial charge in [0.05, 0.1) is 6.61 Å². The van der Waals surface area contributed by atoms with Crippen molar-refractivity contribution in [1.29, 1.82) is 0 Å². The molecule has 2 aromatic carbocycles. The van der Waals surface area contributed by atoms with Gasteiger partial charge in [-0.15, -0.1) is 0 Å². The average Bonchev–Trinajstić information content (AvgIpc) is 2.66. The number of rotatable bonds is 10. The second-order valence-electron chi connectivity index (χ2n) is 5.63. The summed E-state index contributed by atoms with van der Waals surface area (Å²) in [6, 6.07) is 14.2. The molecule has 0 radical (unpaired) electrons. The van der Waals surface area contributed by atoms with Crippen LogP contribution in [0.4, 0.5) is 0 Å². The van der Waals surface area contributed by atoms with Crippen molar-refractivity contribution in [2.75, 3.05) is 26.9 Å². The lowest BCUT2D eigenvalue weighted by Gasteiger charge is -2.09. The Morgan fingerprint density at radius 3 is 2.12 bits per heavy atom. The molecule has 138 valence electrons. The van der Waals surface area contributed by atoms with Gasteiger partial charge in [0.25, 0.3) is 5.91 Å². The number of carbonyl (C=O) groups is 2. The van der Waals surface area contributed by atoms with Crippen LogP contribution in [0.15, 0.2) is 48.5 Å². The lowest BCUT2D eigenvalue weighted by atomic mass is 10.1. The summed E-state index contributed by atoms with van der Waals surface area (Å²) in [6.07, 6.45) is 0. The van der Waals surface area contributed by atoms with Crippen molar-refractivity contribution in [1.82, 2.24) is 5.32 Å². The Morgan fingerprint density at radius 1 is 0.885 bits per heavy atom. The summed E-state index contributed by atoms with van der Waals surface area (Å²) in [7, 11) is 1.63. The SMILES string of the molecule is COCCOc1ccc(CNC(=O)COc2ccc(C(C)=O)cc2)cc1. The van der Waals surface area contributed by atoms with Crippen LogP contribution in [0.2, 0.25) is 0 Å². The van der Waals surface area contributed by atoms with Crippen molar-refractivity contribution in [3.8, 4) is 11.5 Å². The third-order valence-corrected chi connectivity index (χ3v) is 3.60. The van der Waals surface area contributed by atoms with Crippen LogP contribution in [0, 0.1) is 0 Å². The molecule has 0 aliphatic carbocycles. The van der Waals surface area contributed by atoms with E-state index in [2.05, 4.69) is 5.32 Å². The van der Waals surface area contributed by atoms with Crippen LogP contribution < -0.4 is 14.8 Å². The monoisotopic (exact) mass is 357 g/mol. The third-order valence-electron chi connectivity index (χ3n) is 3.60. The molecule has 0 aliphatic rings. The molecular weight excluding hydrogens is 334 g/mol. The van der Waals surface area contributed by atoms with Crippen LogP contribution in [0.3, 0.4) is 0 Å². The lowest BCUT2D eigenvalue weighted by Crippen LogP contribution is -2.28. The van der Waals surface area contributed by atoms with E-state index in [1.54, 1.807) is 31.4 Å². The smallest absolute Gasteiger partial charge is 0.258 e. The molecule has 26 heavy (non-hydrogen) atoms. The summed E-state index contributed by atoms with van der Waals surface area (Å²) in [6.45, 7) is 2.86. The Labute approximate surface area is 153 Å². The summed E-state index contributed by atoms with van der Waals surface area (Å²) >= 11 is 0. The minimum absolute atomic E-state index is 0.00981. The molecule has 6 nitrogen and oxygen atoms in total. The van der Waals surface area contributed by atoms with Gasteiger partial charge in [0.2, 0.25) is 0 Å². The Hall–Kier alpha value is -2.86. The number of hydrogen-bond acceptors (Lipinski definition) is 5. The standard InChI is InChI=1S/C20H23NO5/c1-15(22)17-5-9-19(10-6-17)26-14-20(23)21-13-16-3-7-18(8-4-16)25-12-11-24-2/h3-10H,11-14H2,1-2H3,(H,21,23). The van der Waals surface area contributed by atoms with E-state index in [-0.39, 0.29) is 18.3 Å². The molecule has 2 aromatic rings. The number of nitrogens with one attached hydrogen (secondary N) is 1. The molecule has 0 aliphatic heterocycles. The van der Waals surface area contributed by atoms with E-state index >= 15 is 0 Å². The van der Waals surface area contributed by atoms with E-state index in [1.165, 1.54) is 6.92 Å². The molecule has 0 fully saturated rings. The first kappa shape index (κ1) is 19.5. The normalized spacial score (nSPS) is 10.2. The fourth-order valence-electron chi connectivity index (χ4n) is 2.13. The number of methoxy groups -OCH3 is 1. The zero-order valence-corrected chi connectivity index (χ0v) is 15.0. The van der Waals surface area contributed by atoms with Crippen LogP contribution in [0.1, 0.15) is 22.8 Å². The highest BCUT2D eigenvalue weighted by Gasteiger charge is 2.04. The number of hydrogen-bond donors (Lipinski definition) is 1. The maximum Gasteiger partial charge on any atom is 0.258 e. The van der Waals surface area contributed by atoms with E-state index < -0.39 is 0 Å². The molecule has 0 aromatic heterocycles. The molecule has 1 N–H and O–H groups in total. The predicted molar refractivity (Wildman–Crippen MR) is 97.6 cm³/mol. The van der Waals surface area contributed by atoms with Gasteiger partial charge in [-0.25, -0.2) is 0 Å². The second-order valence-corrected chi connectivity index (χ2v) is 5.63. The van der Waals surface area contributed by atoms with E-state index in [4.69, 9.17) is 14.2 Å². The van der Waals surface area contributed by atoms with Crippen LogP contribution in [0.25, 0.3) is 0 Å². The van der Waals surface area contributed by atoms with Gasteiger partial charge in [0, 0.05) is 19.2 Å². The Balaban J connectivity index is 1.71. The van der Waals surface area contributed by atoms with Crippen LogP contribution in [-0.4, -0.2) is 38.6 Å². The molecule has 0 heterocycles. The molecular formula is C20H23NO5. The first-order chi connectivity index (χ1) is 12.6. The summed E-state index contributed by atoms with van der Waals surface area (Å²) in [4.78, 5) is 23.1. The van der Waals surface area contributed by atoms with Crippen molar-refractivity contribution in [3.05, 3.63) is 59.7 Å². The van der Waals surface area contributed by atoms with E-state index in [0.717, 1.165) is 11.3 Å². The Kier molecular flexibility index (Phi) is 7.64. The quantitative estimate of drug-likeness (QED) is 0.523. The van der Waals surface area contributed by atoms with E-state index in [0.29, 0.717) is 31.1 Å². The summed E-state index contributed by atoms with van der Waals surface area (Å²) < 4.78 is 15.8. The molecule has 0 saturated carbocycles. The van der Waals surface area contributed by atoms with Gasteiger partial charge in [0.1, 0.15) is 18.1 Å². The summed E-state index contributed by atoms with van der Waals surface area (Å²) in [5, 5.41) is 2.79. The largest absolute Gasteiger partial charge is 0.491 e. The number of carbonyl (C=O) groups excluding carboxylic acids is 2. The van der Waals surface area contributed by atoms with Gasteiger partial charge in [-0.05, 0) is 48.9 Å². The van der Waals surface area contributed by atoms with Crippen molar-refractivity contribution >= 4 is 11.7 Å². The molecule has 0 bridgehead atoms. The minimum atomic E-state index is -0.221. The van der Waals surface area contributed by atoms with E-state index in [1.807, 2.05) is 24.3 Å². The van der Waals surface area contributed by atoms with Crippen molar-refractivity contribution in [2.24, 2.45) is 0 Å². The number of ether oxygens (including phenoxy) is 3. The topological polar surface area (TPSA) is 73.9 Å².